The standard InChI is InChI=1S/C19H31N3O2Si.C16H25N3O3Si.C16H27N3OSi.C8H19BrOSi.C8H7N3O2.C8H10N2O2.Fe.HNO2.Na/c1-14-9-16-13-21-22(7-8-24-25(5,6)19(2,3)4)18(16)11-15(14)10-17(23)12-20;1-12-9-13-11-17-18(15(13)10-14(12)19(20)21)7-8-22-23(5,6)16(2,3)4;1-12-9-13-11-18-19(15(13)10-14(12)17)7-8-20-21(5,6)16(2,3)4;1-8(2,3)11(4,5)10-7-6-9;1-5-2-6-4-9-10-7(6)3-8(5)11(12)13;1-5-3-6(2)8(10(11)12)4-7(5)9;;2-1-3;/h9,11,13H,7-8,10,12,20H2,1-6H3;9-11H,7-8H2,1-6H3;9-11H,7-8,17H2,1-6H3;6-7H2,1-5H3;2-4H,1H3,(H,9,10);3-4H,9H2,1-2H3;;(H,2,3);/q;;;;;;;;+1/p-1. The van der Waals surface area contributed by atoms with Crippen LogP contribution in [0, 0.1) is 82.0 Å². The van der Waals surface area contributed by atoms with Crippen LogP contribution in [-0.2, 0) is 65.6 Å². The molecule has 0 radical (unpaired) electrons. The molecule has 9 aromatic rings. The first-order valence-electron chi connectivity index (χ1n) is 35.8. The van der Waals surface area contributed by atoms with E-state index in [0.29, 0.717) is 72.3 Å². The van der Waals surface area contributed by atoms with Crippen molar-refractivity contribution >= 4 is 127 Å². The maximum absolute atomic E-state index is 11.7. The summed E-state index contributed by atoms with van der Waals surface area (Å²) in [6, 6.07) is 18.0. The number of rotatable bonds is 21. The summed E-state index contributed by atoms with van der Waals surface area (Å²) < 4.78 is 30.2. The molecule has 0 unspecified atom stereocenters. The van der Waals surface area contributed by atoms with Crippen molar-refractivity contribution in [3.8, 4) is 0 Å². The molecule has 110 heavy (non-hydrogen) atoms. The topological polar surface area (TPSA) is 396 Å². The van der Waals surface area contributed by atoms with Crippen molar-refractivity contribution in [2.75, 3.05) is 49.8 Å². The molecule has 35 heteroatoms. The van der Waals surface area contributed by atoms with Crippen LogP contribution < -0.4 is 46.8 Å². The molecular formula is C75H119BrFeN15NaO13Si4. The van der Waals surface area contributed by atoms with E-state index in [2.05, 4.69) is 195 Å². The number of alkyl halides is 1. The Labute approximate surface area is 694 Å². The third-order valence-electron chi connectivity index (χ3n) is 20.7. The van der Waals surface area contributed by atoms with Crippen LogP contribution in [0.4, 0.5) is 28.4 Å². The number of aromatic nitrogens is 8. The summed E-state index contributed by atoms with van der Waals surface area (Å²) in [5.74, 6) is 0.0507. The van der Waals surface area contributed by atoms with Crippen molar-refractivity contribution in [3.05, 3.63) is 165 Å². The maximum atomic E-state index is 11.7. The molecule has 0 saturated carbocycles. The van der Waals surface area contributed by atoms with Gasteiger partial charge in [0.05, 0.1) is 108 Å². The van der Waals surface area contributed by atoms with Gasteiger partial charge in [0.2, 0.25) is 0 Å². The van der Waals surface area contributed by atoms with E-state index >= 15 is 0 Å². The number of nitrogen functional groups attached to an aromatic ring is 2. The van der Waals surface area contributed by atoms with Crippen LogP contribution in [0.1, 0.15) is 122 Å². The Morgan fingerprint density at radius 1 is 0.491 bits per heavy atom. The minimum Gasteiger partial charge on any atom is -0.444 e. The fraction of sp³-hybridized carbons (Fsp3) is 0.533. The molecule has 604 valence electrons. The molecule has 28 nitrogen and oxygen atoms in total. The second-order valence-electron chi connectivity index (χ2n) is 32.9. The summed E-state index contributed by atoms with van der Waals surface area (Å²) in [5, 5.41) is 66.8. The Kier molecular flexibility index (Phi) is 39.8. The monoisotopic (exact) mass is 1710 g/mol. The molecule has 0 fully saturated rings. The number of H-pyrrole nitrogens is 1. The normalized spacial score (nSPS) is 11.9. The van der Waals surface area contributed by atoms with E-state index in [1.165, 1.54) is 12.1 Å². The van der Waals surface area contributed by atoms with E-state index in [1.54, 1.807) is 56.0 Å². The Morgan fingerprint density at radius 2 is 0.800 bits per heavy atom. The first-order valence-corrected chi connectivity index (χ1v) is 48.5. The molecule has 0 saturated heterocycles. The van der Waals surface area contributed by atoms with Gasteiger partial charge in [-0.3, -0.25) is 54.3 Å². The second-order valence-corrected chi connectivity index (χ2v) is 52.9. The molecule has 0 bridgehead atoms. The number of nitrogens with one attached hydrogen (secondary N) is 1. The van der Waals surface area contributed by atoms with Crippen LogP contribution in [0.3, 0.4) is 0 Å². The zero-order chi connectivity index (χ0) is 82.6. The average molecular weight is 1710 g/mol. The smallest absolute Gasteiger partial charge is 0.444 e. The van der Waals surface area contributed by atoms with Gasteiger partial charge in [0.15, 0.2) is 39.1 Å². The van der Waals surface area contributed by atoms with Crippen LogP contribution in [0.25, 0.3) is 43.6 Å². The van der Waals surface area contributed by atoms with Gasteiger partial charge in [-0.25, -0.2) is 0 Å². The Morgan fingerprint density at radius 3 is 1.17 bits per heavy atom. The number of fused-ring (bicyclic) bond motifs is 4. The third kappa shape index (κ3) is 29.5. The number of nitrogens with two attached hydrogens (primary N) is 3. The van der Waals surface area contributed by atoms with Gasteiger partial charge in [-0.15, -0.1) is 5.34 Å². The summed E-state index contributed by atoms with van der Waals surface area (Å²) in [4.78, 5) is 50.6. The quantitative estimate of drug-likeness (QED) is 0.0130. The molecule has 0 aliphatic carbocycles. The van der Waals surface area contributed by atoms with Gasteiger partial charge < -0.3 is 45.0 Å². The number of Topliss-reactive ketones (excluding diaryl/α,β-unsaturated/α-hetero) is 1. The molecule has 0 aliphatic heterocycles. The molecule has 0 amide bonds. The van der Waals surface area contributed by atoms with Crippen molar-refractivity contribution < 1.29 is 83.9 Å². The molecule has 4 heterocycles. The van der Waals surface area contributed by atoms with Gasteiger partial charge in [-0.1, -0.05) is 99.0 Å². The largest absolute Gasteiger partial charge is 1.00 e. The Bertz CT molecular complexity index is 4520. The number of nitrogens with zero attached hydrogens (tertiary/aromatic N) is 11. The minimum atomic E-state index is -1.79. The van der Waals surface area contributed by atoms with E-state index in [1.807, 2.05) is 54.7 Å². The van der Waals surface area contributed by atoms with E-state index in [-0.39, 0.29) is 96.1 Å². The van der Waals surface area contributed by atoms with Crippen molar-refractivity contribution in [2.24, 2.45) is 11.1 Å². The van der Waals surface area contributed by atoms with E-state index in [4.69, 9.17) is 45.0 Å². The zero-order valence-electron chi connectivity index (χ0n) is 69.8. The number of anilines is 2. The summed E-state index contributed by atoms with van der Waals surface area (Å²) >= 11 is 3.37. The molecule has 0 spiro atoms. The number of aryl methyl sites for hydroxylation is 6. The van der Waals surface area contributed by atoms with Gasteiger partial charge in [-0.2, -0.15) is 20.4 Å². The number of carbonyl (C=O) groups excluding carboxylic acids is 1. The SMILES string of the molecule is CC(C)(C)[Si](C)(C)OCCBr.Cc1cc(C)c([N+](=O)[O-])cc1N.Cc1cc2cn[nH]c2cc1[N+](=O)[O-].Cc1cc2cnn(CCO[Si](C)(C)C(C)(C)C)c2cc1CC(=O)CN.Cc1cc2cnn(CCO[Si](C)(C)C(C)(C)C)c2cc1N.Cc1cc2cnn(CCO[Si](C)(C)C(C)(C)C)c2cc1[N+](=O)[O-].O=N[O-].[Fe].[Na+]. The number of halogens is 1. The number of benzene rings is 5. The predicted octanol–water partition coefficient (Wildman–Crippen LogP) is 15.9. The molecule has 4 aromatic heterocycles. The van der Waals surface area contributed by atoms with Crippen LogP contribution in [-0.4, -0.2) is 132 Å². The summed E-state index contributed by atoms with van der Waals surface area (Å²) in [6.07, 6.45) is 7.55. The average Bonchev–Trinajstić information content (AvgIpc) is 1.55. The first kappa shape index (κ1) is 102. The number of aromatic amines is 1. The van der Waals surface area contributed by atoms with Gasteiger partial charge in [0.1, 0.15) is 0 Å². The van der Waals surface area contributed by atoms with Crippen molar-refractivity contribution in [3.63, 3.8) is 0 Å². The first-order chi connectivity index (χ1) is 49.6. The van der Waals surface area contributed by atoms with Crippen molar-refractivity contribution in [1.29, 1.82) is 0 Å². The minimum absolute atomic E-state index is 0. The van der Waals surface area contributed by atoms with E-state index in [9.17, 15) is 35.1 Å². The van der Waals surface area contributed by atoms with Gasteiger partial charge >= 0.3 is 29.6 Å². The molecule has 0 aliphatic rings. The number of carbonyl (C=O) groups is 1. The third-order valence-corrected chi connectivity index (χ3v) is 39.2. The van der Waals surface area contributed by atoms with Gasteiger partial charge in [0.25, 0.3) is 17.1 Å². The maximum Gasteiger partial charge on any atom is 1.00 e. The fourth-order valence-electron chi connectivity index (χ4n) is 9.64. The number of hydrogen-bond donors (Lipinski definition) is 4. The van der Waals surface area contributed by atoms with Crippen LogP contribution in [0.5, 0.6) is 0 Å². The van der Waals surface area contributed by atoms with E-state index in [0.717, 1.165) is 89.9 Å². The second kappa shape index (κ2) is 43.1. The van der Waals surface area contributed by atoms with E-state index < -0.39 is 43.1 Å². The van der Waals surface area contributed by atoms with Crippen LogP contribution >= 0.6 is 15.9 Å². The number of ketones is 1. The zero-order valence-corrected chi connectivity index (χ0v) is 78.5. The number of hydrogen-bond acceptors (Lipinski definition) is 21. The van der Waals surface area contributed by atoms with Crippen molar-refractivity contribution in [1.82, 2.24) is 39.5 Å². The molecule has 9 rings (SSSR count). The molecule has 5 aromatic carbocycles. The summed E-state index contributed by atoms with van der Waals surface area (Å²) in [6.45, 7) is 60.8. The summed E-state index contributed by atoms with van der Waals surface area (Å²) in [7, 11) is -6.69. The van der Waals surface area contributed by atoms with Crippen LogP contribution in [0.2, 0.25) is 72.5 Å². The Balaban J connectivity index is 0.000000668. The Hall–Kier alpha value is -6.48. The van der Waals surface area contributed by atoms with Gasteiger partial charge in [-0.05, 0) is 179 Å². The predicted molar refractivity (Wildman–Crippen MR) is 452 cm³/mol. The number of nitro benzene ring substituents is 3. The molecular weight excluding hydrogens is 1590 g/mol. The van der Waals surface area contributed by atoms with Crippen LogP contribution in [0.15, 0.2) is 90.8 Å². The molecule has 7 N–H and O–H groups in total. The van der Waals surface area contributed by atoms with Crippen molar-refractivity contribution in [2.45, 2.75) is 223 Å². The fourth-order valence-corrected chi connectivity index (χ4v) is 14.2. The molecule has 0 atom stereocenters. The summed E-state index contributed by atoms with van der Waals surface area (Å²) in [5.41, 5.74) is 28.2. The van der Waals surface area contributed by atoms with Gasteiger partial charge in [0, 0.05) is 103 Å². The number of nitro groups is 3.